The summed E-state index contributed by atoms with van der Waals surface area (Å²) in [6.07, 6.45) is 7.19. The van der Waals surface area contributed by atoms with Gasteiger partial charge in [-0.05, 0) is 61.6 Å². The number of carboxylic acid groups (broad SMARTS) is 1. The molecule has 3 rings (SSSR count). The van der Waals surface area contributed by atoms with Crippen molar-refractivity contribution in [1.29, 1.82) is 0 Å². The number of fused-ring (bicyclic) bond motifs is 1. The SMILES string of the molecule is COc1ccc2c(c1C(CC(=O)O)C1CC1)CCCC2. The maximum Gasteiger partial charge on any atom is 0.303 e. The van der Waals surface area contributed by atoms with Gasteiger partial charge in [0.15, 0.2) is 0 Å². The van der Waals surface area contributed by atoms with E-state index in [-0.39, 0.29) is 12.3 Å². The summed E-state index contributed by atoms with van der Waals surface area (Å²) >= 11 is 0. The summed E-state index contributed by atoms with van der Waals surface area (Å²) in [6.45, 7) is 0. The first-order valence-electron chi connectivity index (χ1n) is 7.61. The fourth-order valence-corrected chi connectivity index (χ4v) is 3.61. The van der Waals surface area contributed by atoms with Gasteiger partial charge in [0.05, 0.1) is 13.5 Å². The van der Waals surface area contributed by atoms with Crippen LogP contribution in [-0.2, 0) is 17.6 Å². The minimum atomic E-state index is -0.697. The molecule has 1 N–H and O–H groups in total. The van der Waals surface area contributed by atoms with Gasteiger partial charge in [-0.15, -0.1) is 0 Å². The predicted molar refractivity (Wildman–Crippen MR) is 77.4 cm³/mol. The van der Waals surface area contributed by atoms with Crippen LogP contribution in [0.5, 0.6) is 5.75 Å². The van der Waals surface area contributed by atoms with E-state index in [0.29, 0.717) is 5.92 Å². The molecule has 0 heterocycles. The van der Waals surface area contributed by atoms with Gasteiger partial charge in [0, 0.05) is 11.5 Å². The maximum absolute atomic E-state index is 11.2. The van der Waals surface area contributed by atoms with Crippen LogP contribution in [0.25, 0.3) is 0 Å². The first kappa shape index (κ1) is 13.5. The lowest BCUT2D eigenvalue weighted by Gasteiger charge is -2.26. The van der Waals surface area contributed by atoms with Crippen molar-refractivity contribution in [2.45, 2.75) is 50.9 Å². The van der Waals surface area contributed by atoms with Gasteiger partial charge in [0.2, 0.25) is 0 Å². The molecule has 0 amide bonds. The molecular weight excluding hydrogens is 252 g/mol. The number of aliphatic carboxylic acids is 1. The van der Waals surface area contributed by atoms with Gasteiger partial charge >= 0.3 is 5.97 Å². The van der Waals surface area contributed by atoms with E-state index in [4.69, 9.17) is 4.74 Å². The number of ether oxygens (including phenoxy) is 1. The van der Waals surface area contributed by atoms with Gasteiger partial charge in [-0.2, -0.15) is 0 Å². The second-order valence-electron chi connectivity index (χ2n) is 6.07. The molecule has 1 aromatic rings. The minimum Gasteiger partial charge on any atom is -0.496 e. The number of aryl methyl sites for hydroxylation is 1. The Labute approximate surface area is 120 Å². The zero-order valence-corrected chi connectivity index (χ0v) is 12.0. The molecule has 0 spiro atoms. The van der Waals surface area contributed by atoms with Crippen molar-refractivity contribution in [2.75, 3.05) is 7.11 Å². The molecule has 0 aromatic heterocycles. The maximum atomic E-state index is 11.2. The number of carbonyl (C=O) groups is 1. The molecule has 0 bridgehead atoms. The molecule has 0 radical (unpaired) electrons. The second kappa shape index (κ2) is 5.47. The van der Waals surface area contributed by atoms with Crippen molar-refractivity contribution < 1.29 is 14.6 Å². The van der Waals surface area contributed by atoms with Gasteiger partial charge in [-0.25, -0.2) is 0 Å². The molecule has 1 saturated carbocycles. The Balaban J connectivity index is 2.06. The molecule has 1 unspecified atom stereocenters. The Kier molecular flexibility index (Phi) is 3.68. The Hall–Kier alpha value is -1.51. The zero-order chi connectivity index (χ0) is 14.1. The van der Waals surface area contributed by atoms with E-state index in [1.165, 1.54) is 29.5 Å². The van der Waals surface area contributed by atoms with Crippen LogP contribution in [-0.4, -0.2) is 18.2 Å². The second-order valence-corrected chi connectivity index (χ2v) is 6.07. The topological polar surface area (TPSA) is 46.5 Å². The summed E-state index contributed by atoms with van der Waals surface area (Å²) in [6, 6.07) is 4.21. The molecule has 3 heteroatoms. The quantitative estimate of drug-likeness (QED) is 0.893. The van der Waals surface area contributed by atoms with Crippen LogP contribution in [0.3, 0.4) is 0 Å². The lowest BCUT2D eigenvalue weighted by atomic mass is 9.80. The number of benzene rings is 1. The normalized spacial score (nSPS) is 19.2. The largest absolute Gasteiger partial charge is 0.496 e. The number of methoxy groups -OCH3 is 1. The summed E-state index contributed by atoms with van der Waals surface area (Å²) in [5, 5.41) is 9.25. The van der Waals surface area contributed by atoms with Crippen LogP contribution in [0.4, 0.5) is 0 Å². The van der Waals surface area contributed by atoms with Crippen LogP contribution in [0.1, 0.15) is 54.7 Å². The van der Waals surface area contributed by atoms with E-state index in [1.54, 1.807) is 7.11 Å². The van der Waals surface area contributed by atoms with Crippen molar-refractivity contribution in [3.05, 3.63) is 28.8 Å². The molecule has 0 aliphatic heterocycles. The van der Waals surface area contributed by atoms with Crippen LogP contribution in [0, 0.1) is 5.92 Å². The summed E-state index contributed by atoms with van der Waals surface area (Å²) in [7, 11) is 1.69. The van der Waals surface area contributed by atoms with Crippen molar-refractivity contribution in [3.8, 4) is 5.75 Å². The Morgan fingerprint density at radius 3 is 2.75 bits per heavy atom. The highest BCUT2D eigenvalue weighted by molar-refractivity contribution is 5.69. The third-order valence-electron chi connectivity index (χ3n) is 4.71. The molecule has 108 valence electrons. The van der Waals surface area contributed by atoms with E-state index >= 15 is 0 Å². The molecule has 1 fully saturated rings. The predicted octanol–water partition coefficient (Wildman–Crippen LogP) is 3.54. The lowest BCUT2D eigenvalue weighted by Crippen LogP contribution is -2.15. The van der Waals surface area contributed by atoms with Gasteiger partial charge in [-0.3, -0.25) is 4.79 Å². The molecule has 1 atom stereocenters. The van der Waals surface area contributed by atoms with Crippen LogP contribution in [0.2, 0.25) is 0 Å². The first-order valence-corrected chi connectivity index (χ1v) is 7.61. The highest BCUT2D eigenvalue weighted by Gasteiger charge is 2.37. The van der Waals surface area contributed by atoms with Crippen LogP contribution >= 0.6 is 0 Å². The van der Waals surface area contributed by atoms with E-state index in [9.17, 15) is 9.90 Å². The molecule has 0 saturated heterocycles. The molecular formula is C17H22O3. The van der Waals surface area contributed by atoms with Gasteiger partial charge in [0.25, 0.3) is 0 Å². The van der Waals surface area contributed by atoms with E-state index < -0.39 is 5.97 Å². The van der Waals surface area contributed by atoms with E-state index in [1.807, 2.05) is 6.07 Å². The summed E-state index contributed by atoms with van der Waals surface area (Å²) in [5.41, 5.74) is 3.99. The van der Waals surface area contributed by atoms with Crippen molar-refractivity contribution >= 4 is 5.97 Å². The Morgan fingerprint density at radius 1 is 1.35 bits per heavy atom. The minimum absolute atomic E-state index is 0.135. The molecule has 3 nitrogen and oxygen atoms in total. The first-order chi connectivity index (χ1) is 9.70. The van der Waals surface area contributed by atoms with Crippen molar-refractivity contribution in [1.82, 2.24) is 0 Å². The van der Waals surface area contributed by atoms with Crippen molar-refractivity contribution in [2.24, 2.45) is 5.92 Å². The highest BCUT2D eigenvalue weighted by Crippen LogP contribution is 2.49. The third kappa shape index (κ3) is 2.54. The van der Waals surface area contributed by atoms with Gasteiger partial charge in [-0.1, -0.05) is 6.07 Å². The molecule has 2 aliphatic rings. The van der Waals surface area contributed by atoms with Gasteiger partial charge < -0.3 is 9.84 Å². The fourth-order valence-electron chi connectivity index (χ4n) is 3.61. The lowest BCUT2D eigenvalue weighted by molar-refractivity contribution is -0.137. The zero-order valence-electron chi connectivity index (χ0n) is 12.0. The highest BCUT2D eigenvalue weighted by atomic mass is 16.5. The standard InChI is InChI=1S/C17H22O3/c1-20-15-9-8-11-4-2-3-5-13(11)17(15)14(10-16(18)19)12-6-7-12/h8-9,12,14H,2-7,10H2,1H3,(H,18,19). The smallest absolute Gasteiger partial charge is 0.303 e. The number of rotatable bonds is 5. The van der Waals surface area contributed by atoms with Crippen molar-refractivity contribution in [3.63, 3.8) is 0 Å². The molecule has 20 heavy (non-hydrogen) atoms. The average molecular weight is 274 g/mol. The monoisotopic (exact) mass is 274 g/mol. The third-order valence-corrected chi connectivity index (χ3v) is 4.71. The molecule has 1 aromatic carbocycles. The number of hydrogen-bond acceptors (Lipinski definition) is 2. The Bertz CT molecular complexity index is 517. The van der Waals surface area contributed by atoms with Crippen LogP contribution in [0.15, 0.2) is 12.1 Å². The number of carboxylic acids is 1. The van der Waals surface area contributed by atoms with Gasteiger partial charge in [0.1, 0.15) is 5.75 Å². The summed E-state index contributed by atoms with van der Waals surface area (Å²) in [4.78, 5) is 11.2. The summed E-state index contributed by atoms with van der Waals surface area (Å²) < 4.78 is 5.56. The number of hydrogen-bond donors (Lipinski definition) is 1. The average Bonchev–Trinajstić information content (AvgIpc) is 3.28. The molecule has 2 aliphatic carbocycles. The van der Waals surface area contributed by atoms with E-state index in [2.05, 4.69) is 6.07 Å². The van der Waals surface area contributed by atoms with E-state index in [0.717, 1.165) is 31.4 Å². The van der Waals surface area contributed by atoms with Crippen LogP contribution < -0.4 is 4.74 Å². The Morgan fingerprint density at radius 2 is 2.10 bits per heavy atom. The fraction of sp³-hybridized carbons (Fsp3) is 0.588. The summed E-state index contributed by atoms with van der Waals surface area (Å²) in [5.74, 6) is 0.866.